The van der Waals surface area contributed by atoms with Crippen LogP contribution in [0.3, 0.4) is 0 Å². The standard InChI is InChI=1S/C16H12F11NO3/c1-7(2)30-12(29)28-8-3-5-9(6-4-8)31-11(18)10(17)13(19,20)14(21,22)15(23,24)16(25,26)27/h3-7H,1-2H3,(H,28,29). The van der Waals surface area contributed by atoms with Gasteiger partial charge in [0.2, 0.25) is 5.83 Å². The van der Waals surface area contributed by atoms with E-state index in [1.807, 2.05) is 0 Å². The number of alkyl halides is 9. The second-order valence-corrected chi connectivity index (χ2v) is 6.01. The van der Waals surface area contributed by atoms with Crippen LogP contribution in [0.5, 0.6) is 5.75 Å². The highest BCUT2D eigenvalue weighted by molar-refractivity contribution is 5.84. The summed E-state index contributed by atoms with van der Waals surface area (Å²) in [6.07, 6.45) is -8.64. The van der Waals surface area contributed by atoms with Crippen molar-refractivity contribution < 1.29 is 62.6 Å². The van der Waals surface area contributed by atoms with Gasteiger partial charge in [0.1, 0.15) is 5.75 Å². The highest BCUT2D eigenvalue weighted by atomic mass is 19.4. The minimum absolute atomic E-state index is 0.0375. The average molecular weight is 475 g/mol. The molecular weight excluding hydrogens is 463 g/mol. The number of ether oxygens (including phenoxy) is 2. The van der Waals surface area contributed by atoms with Crippen LogP contribution in [0.25, 0.3) is 0 Å². The van der Waals surface area contributed by atoms with Gasteiger partial charge in [0.15, 0.2) is 0 Å². The normalized spacial score (nSPS) is 14.3. The molecule has 1 rings (SSSR count). The molecule has 1 aromatic carbocycles. The quantitative estimate of drug-likeness (QED) is 0.357. The molecule has 0 saturated carbocycles. The first-order valence-corrected chi connectivity index (χ1v) is 7.86. The molecule has 15 heteroatoms. The zero-order chi connectivity index (χ0) is 24.4. The Hall–Kier alpha value is -2.74. The molecule has 0 aliphatic heterocycles. The van der Waals surface area contributed by atoms with Gasteiger partial charge in [0.25, 0.3) is 0 Å². The predicted octanol–water partition coefficient (Wildman–Crippen LogP) is 6.60. The Bertz CT molecular complexity index is 817. The zero-order valence-corrected chi connectivity index (χ0v) is 15.3. The molecule has 0 aromatic heterocycles. The Morgan fingerprint density at radius 1 is 0.871 bits per heavy atom. The number of nitrogens with one attached hydrogen (secondary N) is 1. The molecule has 4 nitrogen and oxygen atoms in total. The number of carbonyl (C=O) groups is 1. The molecule has 0 radical (unpaired) electrons. The number of carbonyl (C=O) groups excluding carboxylic acids is 1. The molecule has 1 amide bonds. The molecule has 176 valence electrons. The summed E-state index contributed by atoms with van der Waals surface area (Å²) >= 11 is 0. The van der Waals surface area contributed by atoms with Gasteiger partial charge >= 0.3 is 36.1 Å². The fourth-order valence-electron chi connectivity index (χ4n) is 1.75. The molecule has 31 heavy (non-hydrogen) atoms. The van der Waals surface area contributed by atoms with Crippen molar-refractivity contribution in [2.24, 2.45) is 0 Å². The van der Waals surface area contributed by atoms with Crippen LogP contribution in [0.1, 0.15) is 13.8 Å². The summed E-state index contributed by atoms with van der Waals surface area (Å²) in [6.45, 7) is 3.04. The van der Waals surface area contributed by atoms with Crippen molar-refractivity contribution in [3.05, 3.63) is 36.1 Å². The summed E-state index contributed by atoms with van der Waals surface area (Å²) in [5, 5.41) is 2.15. The monoisotopic (exact) mass is 475 g/mol. The third-order valence-corrected chi connectivity index (χ3v) is 3.24. The number of rotatable bonds is 7. The van der Waals surface area contributed by atoms with Crippen molar-refractivity contribution in [2.45, 2.75) is 43.9 Å². The summed E-state index contributed by atoms with van der Waals surface area (Å²) in [5.74, 6) is -26.6. The lowest BCUT2D eigenvalue weighted by Gasteiger charge is -2.32. The second-order valence-electron chi connectivity index (χ2n) is 6.01. The van der Waals surface area contributed by atoms with Crippen LogP contribution in [0, 0.1) is 0 Å². The molecule has 1 aromatic rings. The number of allylic oxidation sites excluding steroid dienone is 1. The van der Waals surface area contributed by atoms with Crippen LogP contribution >= 0.6 is 0 Å². The molecule has 0 saturated heterocycles. The summed E-state index contributed by atoms with van der Waals surface area (Å²) < 4.78 is 150. The van der Waals surface area contributed by atoms with Gasteiger partial charge in [-0.25, -0.2) is 4.79 Å². The molecule has 1 N–H and O–H groups in total. The van der Waals surface area contributed by atoms with Gasteiger partial charge in [-0.1, -0.05) is 0 Å². The highest BCUT2D eigenvalue weighted by Gasteiger charge is 2.83. The number of hydrogen-bond donors (Lipinski definition) is 1. The number of anilines is 1. The molecule has 0 fully saturated rings. The third-order valence-electron chi connectivity index (χ3n) is 3.24. The average Bonchev–Trinajstić information content (AvgIpc) is 2.60. The van der Waals surface area contributed by atoms with Crippen LogP contribution in [0.4, 0.5) is 58.8 Å². The van der Waals surface area contributed by atoms with Crippen LogP contribution in [0.15, 0.2) is 36.1 Å². The third kappa shape index (κ3) is 5.50. The second kappa shape index (κ2) is 8.78. The van der Waals surface area contributed by atoms with E-state index >= 15 is 0 Å². The Balaban J connectivity index is 3.08. The van der Waals surface area contributed by atoms with Crippen LogP contribution in [-0.2, 0) is 4.74 Å². The van der Waals surface area contributed by atoms with Gasteiger partial charge in [-0.3, -0.25) is 5.32 Å². The fourth-order valence-corrected chi connectivity index (χ4v) is 1.75. The van der Waals surface area contributed by atoms with Crippen molar-refractivity contribution in [1.29, 1.82) is 0 Å². The van der Waals surface area contributed by atoms with E-state index in [2.05, 4.69) is 10.1 Å². The molecule has 0 atom stereocenters. The van der Waals surface area contributed by atoms with Crippen LogP contribution < -0.4 is 10.1 Å². The van der Waals surface area contributed by atoms with Gasteiger partial charge in [-0.05, 0) is 38.1 Å². The first-order chi connectivity index (χ1) is 13.8. The number of benzene rings is 1. The summed E-state index contributed by atoms with van der Waals surface area (Å²) in [4.78, 5) is 11.4. The van der Waals surface area contributed by atoms with E-state index in [0.29, 0.717) is 12.1 Å². The largest absolute Gasteiger partial charge is 0.460 e. The molecule has 0 heterocycles. The van der Waals surface area contributed by atoms with Crippen molar-refractivity contribution in [1.82, 2.24) is 0 Å². The topological polar surface area (TPSA) is 47.6 Å². The molecule has 0 unspecified atom stereocenters. The Kier molecular flexibility index (Phi) is 7.45. The maximum absolute atomic E-state index is 13.5. The van der Waals surface area contributed by atoms with E-state index in [1.165, 1.54) is 13.8 Å². The molecule has 0 aliphatic rings. The van der Waals surface area contributed by atoms with Gasteiger partial charge < -0.3 is 9.47 Å². The van der Waals surface area contributed by atoms with E-state index in [4.69, 9.17) is 4.74 Å². The minimum atomic E-state index is -7.40. The lowest BCUT2D eigenvalue weighted by atomic mass is 10.0. The van der Waals surface area contributed by atoms with Gasteiger partial charge in [0, 0.05) is 5.69 Å². The first-order valence-electron chi connectivity index (χ1n) is 7.86. The van der Waals surface area contributed by atoms with Crippen LogP contribution in [0.2, 0.25) is 0 Å². The SMILES string of the molecule is CC(C)OC(=O)Nc1ccc(OC(F)=C(F)C(F)(F)C(F)(F)C(F)(F)C(F)(F)F)cc1. The van der Waals surface area contributed by atoms with E-state index in [0.717, 1.165) is 12.1 Å². The highest BCUT2D eigenvalue weighted by Crippen LogP contribution is 2.55. The van der Waals surface area contributed by atoms with Crippen molar-refractivity contribution >= 4 is 11.8 Å². The van der Waals surface area contributed by atoms with E-state index in [1.54, 1.807) is 0 Å². The first kappa shape index (κ1) is 26.3. The molecule has 0 aliphatic carbocycles. The Labute approximate surface area is 166 Å². The Morgan fingerprint density at radius 3 is 1.77 bits per heavy atom. The lowest BCUT2D eigenvalue weighted by Crippen LogP contribution is -2.61. The minimum Gasteiger partial charge on any atom is -0.447 e. The maximum atomic E-state index is 13.5. The number of amides is 1. The molecule has 0 bridgehead atoms. The van der Waals surface area contributed by atoms with Gasteiger partial charge in [0.05, 0.1) is 6.10 Å². The van der Waals surface area contributed by atoms with Gasteiger partial charge in [-0.15, -0.1) is 0 Å². The number of hydrogen-bond acceptors (Lipinski definition) is 3. The van der Waals surface area contributed by atoms with Crippen molar-refractivity contribution in [3.63, 3.8) is 0 Å². The lowest BCUT2D eigenvalue weighted by molar-refractivity contribution is -0.392. The number of halogens is 11. The summed E-state index contributed by atoms with van der Waals surface area (Å²) in [6, 6.07) is 0.0403. The molecular formula is C16H12F11NO3. The summed E-state index contributed by atoms with van der Waals surface area (Å²) in [5.41, 5.74) is -0.0375. The zero-order valence-electron chi connectivity index (χ0n) is 15.3. The van der Waals surface area contributed by atoms with E-state index < -0.39 is 53.7 Å². The van der Waals surface area contributed by atoms with Crippen molar-refractivity contribution in [2.75, 3.05) is 5.32 Å². The molecule has 0 spiro atoms. The van der Waals surface area contributed by atoms with E-state index in [-0.39, 0.29) is 5.69 Å². The van der Waals surface area contributed by atoms with Crippen LogP contribution in [-0.4, -0.2) is 36.1 Å². The predicted molar refractivity (Wildman–Crippen MR) is 82.4 cm³/mol. The fraction of sp³-hybridized carbons (Fsp3) is 0.438. The van der Waals surface area contributed by atoms with Crippen molar-refractivity contribution in [3.8, 4) is 5.75 Å². The Morgan fingerprint density at radius 2 is 1.35 bits per heavy atom. The smallest absolute Gasteiger partial charge is 0.447 e. The maximum Gasteiger partial charge on any atom is 0.460 e. The van der Waals surface area contributed by atoms with Gasteiger partial charge in [-0.2, -0.15) is 48.3 Å². The summed E-state index contributed by atoms with van der Waals surface area (Å²) in [7, 11) is 0. The van der Waals surface area contributed by atoms with E-state index in [9.17, 15) is 53.1 Å².